The number of allylic oxidation sites excluding steroid dienone is 1. The molecule has 0 bridgehead atoms. The maximum Gasteiger partial charge on any atom is 0.262 e. The lowest BCUT2D eigenvalue weighted by Gasteiger charge is -2.29. The summed E-state index contributed by atoms with van der Waals surface area (Å²) in [5, 5.41) is 2.25. The summed E-state index contributed by atoms with van der Waals surface area (Å²) in [6.07, 6.45) is 3.62. The average molecular weight is 274 g/mol. The lowest BCUT2D eigenvalue weighted by Crippen LogP contribution is -2.52. The quantitative estimate of drug-likeness (QED) is 0.701. The number of hydrogen-bond donors (Lipinski definition) is 1. The summed E-state index contributed by atoms with van der Waals surface area (Å²) in [5.41, 5.74) is 1.61. The number of likely N-dealkylation sites (tertiary alicyclic amines) is 1. The molecule has 2 atom stereocenters. The zero-order chi connectivity index (χ0) is 14.4. The summed E-state index contributed by atoms with van der Waals surface area (Å²) < 4.78 is 5.31. The molecule has 20 heavy (non-hydrogen) atoms. The predicted octanol–water partition coefficient (Wildman–Crippen LogP) is 0.376. The van der Waals surface area contributed by atoms with E-state index < -0.39 is 11.9 Å². The van der Waals surface area contributed by atoms with Crippen molar-refractivity contribution < 1.29 is 19.1 Å². The molecule has 3 aliphatic rings. The van der Waals surface area contributed by atoms with Crippen LogP contribution in [0.1, 0.15) is 19.8 Å². The van der Waals surface area contributed by atoms with Crippen molar-refractivity contribution in [2.24, 2.45) is 0 Å². The van der Waals surface area contributed by atoms with E-state index in [2.05, 4.69) is 11.9 Å². The van der Waals surface area contributed by atoms with Crippen LogP contribution < -0.4 is 5.32 Å². The van der Waals surface area contributed by atoms with E-state index in [4.69, 9.17) is 4.74 Å². The molecule has 3 amide bonds. The van der Waals surface area contributed by atoms with E-state index in [1.807, 2.05) is 6.92 Å². The third kappa shape index (κ3) is 1.76. The zero-order valence-corrected chi connectivity index (χ0v) is 11.0. The highest BCUT2D eigenvalue weighted by molar-refractivity contribution is 6.09. The van der Waals surface area contributed by atoms with Gasteiger partial charge in [0.25, 0.3) is 5.91 Å². The van der Waals surface area contributed by atoms with Crippen LogP contribution in [0.25, 0.3) is 0 Å². The molecule has 0 saturated carbocycles. The molecule has 2 fully saturated rings. The second-order valence-electron chi connectivity index (χ2n) is 5.04. The van der Waals surface area contributed by atoms with Crippen molar-refractivity contribution in [1.29, 1.82) is 0 Å². The number of carbonyl (C=O) groups is 3. The Labute approximate surface area is 115 Å². The molecule has 3 aliphatic heterocycles. The molecule has 6 nitrogen and oxygen atoms in total. The van der Waals surface area contributed by atoms with Gasteiger partial charge in [-0.2, -0.15) is 0 Å². The fourth-order valence-electron chi connectivity index (χ4n) is 2.66. The first-order valence-corrected chi connectivity index (χ1v) is 6.43. The third-order valence-electron chi connectivity index (χ3n) is 3.66. The van der Waals surface area contributed by atoms with Gasteiger partial charge < -0.3 is 4.74 Å². The highest BCUT2D eigenvalue weighted by Gasteiger charge is 2.44. The monoisotopic (exact) mass is 274 g/mol. The maximum absolute atomic E-state index is 12.4. The number of ether oxygens (including phenoxy) is 1. The van der Waals surface area contributed by atoms with Crippen molar-refractivity contribution in [2.75, 3.05) is 0 Å². The van der Waals surface area contributed by atoms with Crippen LogP contribution in [0.15, 0.2) is 35.8 Å². The van der Waals surface area contributed by atoms with Crippen molar-refractivity contribution in [3.8, 4) is 0 Å². The van der Waals surface area contributed by atoms with Crippen LogP contribution in [0.2, 0.25) is 0 Å². The fraction of sp³-hybridized carbons (Fsp3) is 0.357. The Balaban J connectivity index is 1.94. The summed E-state index contributed by atoms with van der Waals surface area (Å²) in [7, 11) is 0. The zero-order valence-electron chi connectivity index (χ0n) is 11.0. The number of nitrogens with zero attached hydrogens (tertiary/aromatic N) is 1. The van der Waals surface area contributed by atoms with Gasteiger partial charge in [0.1, 0.15) is 12.1 Å². The molecular formula is C14H14N2O4. The van der Waals surface area contributed by atoms with Gasteiger partial charge in [-0.25, -0.2) is 0 Å². The van der Waals surface area contributed by atoms with Gasteiger partial charge in [-0.1, -0.05) is 6.58 Å². The van der Waals surface area contributed by atoms with Crippen molar-refractivity contribution in [2.45, 2.75) is 31.9 Å². The summed E-state index contributed by atoms with van der Waals surface area (Å²) in [5.74, 6) is -1.07. The first-order chi connectivity index (χ1) is 9.49. The number of carbonyl (C=O) groups excluding carboxylic acids is 3. The first kappa shape index (κ1) is 12.7. The lowest BCUT2D eigenvalue weighted by molar-refractivity contribution is -0.141. The number of piperidine rings is 1. The molecule has 2 unspecified atom stereocenters. The van der Waals surface area contributed by atoms with E-state index in [0.717, 1.165) is 0 Å². The van der Waals surface area contributed by atoms with Gasteiger partial charge >= 0.3 is 0 Å². The van der Waals surface area contributed by atoms with Crippen LogP contribution >= 0.6 is 0 Å². The molecule has 104 valence electrons. The molecule has 0 spiro atoms. The Kier molecular flexibility index (Phi) is 2.74. The number of amides is 3. The van der Waals surface area contributed by atoms with Crippen molar-refractivity contribution >= 4 is 17.7 Å². The topological polar surface area (TPSA) is 75.7 Å². The largest absolute Gasteiger partial charge is 0.493 e. The van der Waals surface area contributed by atoms with Gasteiger partial charge in [-0.05, 0) is 19.4 Å². The molecule has 0 aliphatic carbocycles. The lowest BCUT2D eigenvalue weighted by atomic mass is 10.0. The second kappa shape index (κ2) is 4.33. The van der Waals surface area contributed by atoms with Crippen molar-refractivity contribution in [3.63, 3.8) is 0 Å². The molecule has 3 rings (SSSR count). The Morgan fingerprint density at radius 3 is 2.80 bits per heavy atom. The summed E-state index contributed by atoms with van der Waals surface area (Å²) in [4.78, 5) is 36.9. The SMILES string of the molecule is C=C1C2=CC(C)OC=C2C(=O)N1C1CCC(=O)NC1=O. The Bertz CT molecular complexity index is 602. The van der Waals surface area contributed by atoms with E-state index in [0.29, 0.717) is 23.3 Å². The molecule has 0 radical (unpaired) electrons. The van der Waals surface area contributed by atoms with Crippen molar-refractivity contribution in [1.82, 2.24) is 10.2 Å². The van der Waals surface area contributed by atoms with E-state index in [9.17, 15) is 14.4 Å². The minimum atomic E-state index is -0.685. The minimum absolute atomic E-state index is 0.139. The van der Waals surface area contributed by atoms with Crippen LogP contribution in [0.5, 0.6) is 0 Å². The number of imide groups is 1. The Hall–Kier alpha value is -2.37. The summed E-state index contributed by atoms with van der Waals surface area (Å²) >= 11 is 0. The molecule has 0 aromatic rings. The van der Waals surface area contributed by atoms with Crippen LogP contribution in [0.3, 0.4) is 0 Å². The highest BCUT2D eigenvalue weighted by atomic mass is 16.5. The highest BCUT2D eigenvalue weighted by Crippen LogP contribution is 2.37. The summed E-state index contributed by atoms with van der Waals surface area (Å²) in [6.45, 7) is 5.76. The predicted molar refractivity (Wildman–Crippen MR) is 68.9 cm³/mol. The second-order valence-corrected chi connectivity index (χ2v) is 5.04. The molecule has 0 aromatic carbocycles. The van der Waals surface area contributed by atoms with Gasteiger partial charge in [-0.3, -0.25) is 24.6 Å². The Morgan fingerprint density at radius 2 is 2.10 bits per heavy atom. The fourth-order valence-corrected chi connectivity index (χ4v) is 2.66. The normalized spacial score (nSPS) is 29.6. The standard InChI is InChI=1S/C14H14N2O4/c1-7-5-9-8(2)16(14(19)10(9)6-20-7)11-3-4-12(17)15-13(11)18/h5-7,11H,2-4H2,1H3,(H,15,17,18). The molecule has 3 heterocycles. The number of nitrogens with one attached hydrogen (secondary N) is 1. The third-order valence-corrected chi connectivity index (χ3v) is 3.66. The smallest absolute Gasteiger partial charge is 0.262 e. The van der Waals surface area contributed by atoms with Crippen LogP contribution in [0.4, 0.5) is 0 Å². The van der Waals surface area contributed by atoms with E-state index in [1.165, 1.54) is 11.2 Å². The molecule has 0 aromatic heterocycles. The number of hydrogen-bond acceptors (Lipinski definition) is 4. The first-order valence-electron chi connectivity index (χ1n) is 6.43. The Morgan fingerprint density at radius 1 is 1.35 bits per heavy atom. The molecule has 6 heteroatoms. The average Bonchev–Trinajstić information content (AvgIpc) is 2.63. The van der Waals surface area contributed by atoms with E-state index in [1.54, 1.807) is 6.08 Å². The summed E-state index contributed by atoms with van der Waals surface area (Å²) in [6, 6.07) is -0.685. The van der Waals surface area contributed by atoms with Gasteiger partial charge in [0.15, 0.2) is 0 Å². The van der Waals surface area contributed by atoms with Gasteiger partial charge in [0.05, 0.1) is 11.8 Å². The van der Waals surface area contributed by atoms with E-state index >= 15 is 0 Å². The maximum atomic E-state index is 12.4. The van der Waals surface area contributed by atoms with Crippen LogP contribution in [-0.4, -0.2) is 34.8 Å². The molecular weight excluding hydrogens is 260 g/mol. The van der Waals surface area contributed by atoms with Gasteiger partial charge in [-0.15, -0.1) is 0 Å². The van der Waals surface area contributed by atoms with Gasteiger partial charge in [0.2, 0.25) is 11.8 Å². The van der Waals surface area contributed by atoms with E-state index in [-0.39, 0.29) is 24.3 Å². The number of fused-ring (bicyclic) bond motifs is 1. The van der Waals surface area contributed by atoms with Crippen LogP contribution in [-0.2, 0) is 19.1 Å². The minimum Gasteiger partial charge on any atom is -0.493 e. The van der Waals surface area contributed by atoms with Crippen LogP contribution in [0, 0.1) is 0 Å². The number of rotatable bonds is 1. The molecule has 2 saturated heterocycles. The molecule has 1 N–H and O–H groups in total. The van der Waals surface area contributed by atoms with Crippen molar-refractivity contribution in [3.05, 3.63) is 35.8 Å². The van der Waals surface area contributed by atoms with Gasteiger partial charge in [0, 0.05) is 17.7 Å².